The summed E-state index contributed by atoms with van der Waals surface area (Å²) in [5, 5.41) is 12.7. The average molecular weight is 211 g/mol. The predicted octanol–water partition coefficient (Wildman–Crippen LogP) is 1.11. The second kappa shape index (κ2) is 4.72. The lowest BCUT2D eigenvalue weighted by atomic mass is 9.89. The van der Waals surface area contributed by atoms with E-state index in [0.29, 0.717) is 17.6 Å². The lowest BCUT2D eigenvalue weighted by molar-refractivity contribution is 0.258. The Morgan fingerprint density at radius 2 is 2.13 bits per heavy atom. The van der Waals surface area contributed by atoms with E-state index in [0.717, 1.165) is 12.8 Å². The molecule has 0 radical (unpaired) electrons. The lowest BCUT2D eigenvalue weighted by Crippen LogP contribution is -2.16. The van der Waals surface area contributed by atoms with Gasteiger partial charge in [-0.3, -0.25) is 0 Å². The van der Waals surface area contributed by atoms with E-state index in [1.54, 1.807) is 0 Å². The first-order chi connectivity index (χ1) is 7.31. The molecule has 1 heterocycles. The molecule has 5 heteroatoms. The molecule has 1 aromatic heterocycles. The fourth-order valence-electron chi connectivity index (χ4n) is 1.99. The van der Waals surface area contributed by atoms with E-state index < -0.39 is 6.04 Å². The molecule has 84 valence electrons. The number of aliphatic hydroxyl groups is 1. The second-order valence-electron chi connectivity index (χ2n) is 4.11. The van der Waals surface area contributed by atoms with Crippen molar-refractivity contribution in [2.75, 3.05) is 6.61 Å². The number of hydrogen-bond acceptors (Lipinski definition) is 5. The summed E-state index contributed by atoms with van der Waals surface area (Å²) in [6, 6.07) is -0.522. The van der Waals surface area contributed by atoms with Gasteiger partial charge in [0.1, 0.15) is 0 Å². The molecule has 0 amide bonds. The molecule has 0 spiro atoms. The second-order valence-corrected chi connectivity index (χ2v) is 4.11. The number of hydrogen-bond donors (Lipinski definition) is 2. The highest BCUT2D eigenvalue weighted by atomic mass is 16.5. The van der Waals surface area contributed by atoms with Gasteiger partial charge in [-0.2, -0.15) is 4.98 Å². The minimum Gasteiger partial charge on any atom is -0.394 e. The summed E-state index contributed by atoms with van der Waals surface area (Å²) >= 11 is 0. The van der Waals surface area contributed by atoms with Gasteiger partial charge in [0.2, 0.25) is 5.89 Å². The zero-order valence-corrected chi connectivity index (χ0v) is 8.72. The van der Waals surface area contributed by atoms with Crippen LogP contribution < -0.4 is 5.73 Å². The summed E-state index contributed by atoms with van der Waals surface area (Å²) in [5.41, 5.74) is 5.60. The van der Waals surface area contributed by atoms with Crippen molar-refractivity contribution < 1.29 is 9.63 Å². The maximum atomic E-state index is 8.86. The van der Waals surface area contributed by atoms with Crippen LogP contribution in [0.4, 0.5) is 0 Å². The van der Waals surface area contributed by atoms with Crippen LogP contribution in [0.25, 0.3) is 0 Å². The first kappa shape index (κ1) is 10.6. The van der Waals surface area contributed by atoms with Crippen LogP contribution in [-0.2, 0) is 0 Å². The number of nitrogens with zero attached hydrogens (tertiary/aromatic N) is 2. The molecule has 0 saturated heterocycles. The van der Waals surface area contributed by atoms with E-state index in [1.807, 2.05) is 0 Å². The summed E-state index contributed by atoms with van der Waals surface area (Å²) in [6.07, 6.45) is 6.00. The van der Waals surface area contributed by atoms with Gasteiger partial charge in [-0.1, -0.05) is 24.4 Å². The molecular formula is C10H17N3O2. The standard InChI is InChI=1S/C10H17N3O2/c11-8(6-14)9-12-10(15-13-9)7-4-2-1-3-5-7/h7-8,14H,1-6,11H2. The van der Waals surface area contributed by atoms with Crippen molar-refractivity contribution in [2.45, 2.75) is 44.1 Å². The van der Waals surface area contributed by atoms with Crippen LogP contribution in [0.2, 0.25) is 0 Å². The van der Waals surface area contributed by atoms with Crippen LogP contribution in [0, 0.1) is 0 Å². The van der Waals surface area contributed by atoms with Crippen LogP contribution >= 0.6 is 0 Å². The van der Waals surface area contributed by atoms with Gasteiger partial charge in [-0.15, -0.1) is 0 Å². The summed E-state index contributed by atoms with van der Waals surface area (Å²) in [6.45, 7) is -0.149. The van der Waals surface area contributed by atoms with Gasteiger partial charge in [-0.05, 0) is 12.8 Å². The van der Waals surface area contributed by atoms with E-state index in [9.17, 15) is 0 Å². The molecule has 1 atom stereocenters. The van der Waals surface area contributed by atoms with Crippen LogP contribution in [0.3, 0.4) is 0 Å². The molecule has 0 bridgehead atoms. The molecule has 1 aromatic rings. The fourth-order valence-corrected chi connectivity index (χ4v) is 1.99. The van der Waals surface area contributed by atoms with Crippen molar-refractivity contribution in [1.29, 1.82) is 0 Å². The third-order valence-electron chi connectivity index (χ3n) is 2.94. The first-order valence-corrected chi connectivity index (χ1v) is 5.51. The molecule has 0 aromatic carbocycles. The maximum absolute atomic E-state index is 8.86. The Hall–Kier alpha value is -0.940. The molecule has 1 aliphatic rings. The fraction of sp³-hybridized carbons (Fsp3) is 0.800. The van der Waals surface area contributed by atoms with Crippen molar-refractivity contribution in [2.24, 2.45) is 5.73 Å². The van der Waals surface area contributed by atoms with Crippen molar-refractivity contribution in [3.8, 4) is 0 Å². The van der Waals surface area contributed by atoms with Crippen molar-refractivity contribution in [1.82, 2.24) is 10.1 Å². The molecular weight excluding hydrogens is 194 g/mol. The monoisotopic (exact) mass is 211 g/mol. The molecule has 1 saturated carbocycles. The van der Waals surface area contributed by atoms with Gasteiger partial charge in [-0.25, -0.2) is 0 Å². The van der Waals surface area contributed by atoms with Crippen LogP contribution in [0.5, 0.6) is 0 Å². The van der Waals surface area contributed by atoms with Crippen LogP contribution in [-0.4, -0.2) is 21.9 Å². The smallest absolute Gasteiger partial charge is 0.229 e. The zero-order chi connectivity index (χ0) is 10.7. The Morgan fingerprint density at radius 1 is 1.40 bits per heavy atom. The van der Waals surface area contributed by atoms with Crippen LogP contribution in [0.15, 0.2) is 4.52 Å². The number of aliphatic hydroxyl groups excluding tert-OH is 1. The average Bonchev–Trinajstić information content (AvgIpc) is 2.78. The highest BCUT2D eigenvalue weighted by Crippen LogP contribution is 2.31. The first-order valence-electron chi connectivity index (χ1n) is 5.51. The molecule has 2 rings (SSSR count). The lowest BCUT2D eigenvalue weighted by Gasteiger charge is -2.17. The van der Waals surface area contributed by atoms with Crippen LogP contribution in [0.1, 0.15) is 55.8 Å². The van der Waals surface area contributed by atoms with Gasteiger partial charge in [0.15, 0.2) is 5.82 Å². The zero-order valence-electron chi connectivity index (χ0n) is 8.72. The third kappa shape index (κ3) is 2.35. The summed E-state index contributed by atoms with van der Waals surface area (Å²) in [7, 11) is 0. The molecule has 3 N–H and O–H groups in total. The van der Waals surface area contributed by atoms with Gasteiger partial charge < -0.3 is 15.4 Å². The van der Waals surface area contributed by atoms with Crippen molar-refractivity contribution in [3.63, 3.8) is 0 Å². The third-order valence-corrected chi connectivity index (χ3v) is 2.94. The largest absolute Gasteiger partial charge is 0.394 e. The Morgan fingerprint density at radius 3 is 2.80 bits per heavy atom. The molecule has 1 fully saturated rings. The normalized spacial score (nSPS) is 20.4. The maximum Gasteiger partial charge on any atom is 0.229 e. The minimum absolute atomic E-state index is 0.149. The Balaban J connectivity index is 2.05. The van der Waals surface area contributed by atoms with E-state index in [2.05, 4.69) is 10.1 Å². The SMILES string of the molecule is NC(CO)c1noc(C2CCCCC2)n1. The highest BCUT2D eigenvalue weighted by molar-refractivity contribution is 4.98. The number of aromatic nitrogens is 2. The molecule has 5 nitrogen and oxygen atoms in total. The molecule has 1 aliphatic carbocycles. The van der Waals surface area contributed by atoms with Gasteiger partial charge in [0.05, 0.1) is 12.6 Å². The molecule has 1 unspecified atom stereocenters. The summed E-state index contributed by atoms with van der Waals surface area (Å²) < 4.78 is 5.17. The van der Waals surface area contributed by atoms with E-state index in [-0.39, 0.29) is 6.61 Å². The molecule has 15 heavy (non-hydrogen) atoms. The number of nitrogens with two attached hydrogens (primary N) is 1. The van der Waals surface area contributed by atoms with E-state index >= 15 is 0 Å². The molecule has 0 aliphatic heterocycles. The topological polar surface area (TPSA) is 85.2 Å². The Kier molecular flexibility index (Phi) is 3.33. The quantitative estimate of drug-likeness (QED) is 0.782. The van der Waals surface area contributed by atoms with Crippen molar-refractivity contribution >= 4 is 0 Å². The summed E-state index contributed by atoms with van der Waals surface area (Å²) in [5.74, 6) is 1.50. The van der Waals surface area contributed by atoms with Gasteiger partial charge in [0.25, 0.3) is 0 Å². The predicted molar refractivity (Wildman–Crippen MR) is 54.1 cm³/mol. The van der Waals surface area contributed by atoms with Gasteiger partial charge >= 0.3 is 0 Å². The Labute approximate surface area is 88.7 Å². The van der Waals surface area contributed by atoms with E-state index in [1.165, 1.54) is 19.3 Å². The minimum atomic E-state index is -0.522. The van der Waals surface area contributed by atoms with Crippen molar-refractivity contribution in [3.05, 3.63) is 11.7 Å². The van der Waals surface area contributed by atoms with Gasteiger partial charge in [0, 0.05) is 5.92 Å². The van der Waals surface area contributed by atoms with E-state index in [4.69, 9.17) is 15.4 Å². The number of rotatable bonds is 3. The Bertz CT molecular complexity index is 307. The summed E-state index contributed by atoms with van der Waals surface area (Å²) in [4.78, 5) is 4.24. The highest BCUT2D eigenvalue weighted by Gasteiger charge is 2.22.